The number of carbonyl (C=O) groups excluding carboxylic acids is 1. The second kappa shape index (κ2) is 8.36. The highest BCUT2D eigenvalue weighted by Crippen LogP contribution is 2.39. The second-order valence-electron chi connectivity index (χ2n) is 5.94. The lowest BCUT2D eigenvalue weighted by atomic mass is 9.85. The van der Waals surface area contributed by atoms with Crippen molar-refractivity contribution in [2.45, 2.75) is 32.0 Å². The first-order chi connectivity index (χ1) is 19.8. The van der Waals surface area contributed by atoms with Crippen LogP contribution in [0.25, 0.3) is 0 Å². The van der Waals surface area contributed by atoms with E-state index in [1.165, 1.54) is 18.2 Å². The smallest absolute Gasteiger partial charge is 0.166 e. The molecule has 0 amide bonds. The number of hydrogen-bond acceptors (Lipinski definition) is 4. The van der Waals surface area contributed by atoms with E-state index in [0.717, 1.165) is 26.4 Å². The van der Waals surface area contributed by atoms with Crippen LogP contribution in [-0.2, 0) is 12.9 Å². The van der Waals surface area contributed by atoms with Crippen LogP contribution in [0.3, 0.4) is 0 Å². The van der Waals surface area contributed by atoms with Gasteiger partial charge in [-0.15, -0.1) is 0 Å². The number of fused-ring (bicyclic) bond motifs is 1. The van der Waals surface area contributed by atoms with Crippen molar-refractivity contribution in [3.63, 3.8) is 0 Å². The zero-order valence-corrected chi connectivity index (χ0v) is 15.3. The first kappa shape index (κ1) is 7.83. The Hall–Kier alpha value is -2.33. The van der Waals surface area contributed by atoms with Gasteiger partial charge in [0.25, 0.3) is 0 Å². The molecule has 1 aliphatic heterocycles. The number of likely N-dealkylation sites (tertiary alicyclic amines) is 1. The molecule has 148 valence electrons. The number of ketones is 1. The number of hydrogen-bond donors (Lipinski definition) is 0. The van der Waals surface area contributed by atoms with Gasteiger partial charge in [0.2, 0.25) is 0 Å². The van der Waals surface area contributed by atoms with E-state index in [4.69, 9.17) is 31.4 Å². The highest BCUT2D eigenvalue weighted by molar-refractivity contribution is 6.02. The second-order valence-corrected chi connectivity index (χ2v) is 5.94. The Morgan fingerprint density at radius 2 is 1.86 bits per heavy atom. The molecule has 1 saturated heterocycles. The van der Waals surface area contributed by atoms with Gasteiger partial charge in [-0.3, -0.25) is 9.69 Å². The summed E-state index contributed by atoms with van der Waals surface area (Å²) in [6.07, 6.45) is -13.6. The summed E-state index contributed by atoms with van der Waals surface area (Å²) in [5.41, 5.74) is -1.50. The first-order valence-corrected chi connectivity index (χ1v) is 8.47. The maximum Gasteiger partial charge on any atom is 0.166 e. The quantitative estimate of drug-likeness (QED) is 0.728. The van der Waals surface area contributed by atoms with Gasteiger partial charge in [-0.2, -0.15) is 0 Å². The van der Waals surface area contributed by atoms with Gasteiger partial charge < -0.3 is 9.47 Å². The zero-order valence-electron chi connectivity index (χ0n) is 31.3. The topological polar surface area (TPSA) is 38.8 Å². The van der Waals surface area contributed by atoms with Crippen LogP contribution in [-0.4, -0.2) is 37.9 Å². The van der Waals surface area contributed by atoms with Crippen molar-refractivity contribution in [3.05, 3.63) is 59.1 Å². The van der Waals surface area contributed by atoms with Crippen LogP contribution in [0.15, 0.2) is 42.4 Å². The van der Waals surface area contributed by atoms with Crippen LogP contribution in [0.1, 0.15) is 62.5 Å². The molecule has 2 aromatic carbocycles. The van der Waals surface area contributed by atoms with Gasteiger partial charge in [-0.1, -0.05) is 30.3 Å². The summed E-state index contributed by atoms with van der Waals surface area (Å²) in [6, 6.07) is 5.09. The molecule has 0 aromatic heterocycles. The SMILES string of the molecule is [2H]c1c2c(c([2H])c(OC)c1OC)C(=O)C([2H])(C([2H])([2H])C1([2H])C([2H])([2H])C([2H])([2H])N(C([2H])([2H])c3ccccc3)C([2H])([2H])C1([2H])[2H])C2. The van der Waals surface area contributed by atoms with Crippen molar-refractivity contribution < 1.29 is 36.2 Å². The minimum atomic E-state index is -4.28. The Kier molecular flexibility index (Phi) is 2.34. The molecule has 1 fully saturated rings. The van der Waals surface area contributed by atoms with Gasteiger partial charge in [-0.05, 0) is 67.6 Å². The Morgan fingerprint density at radius 1 is 1.18 bits per heavy atom. The molecular weight excluding hydrogens is 350 g/mol. The maximum atomic E-state index is 13.8. The number of ether oxygens (including phenoxy) is 2. The number of piperidine rings is 1. The molecule has 2 aromatic rings. The molecule has 0 saturated carbocycles. The van der Waals surface area contributed by atoms with E-state index < -0.39 is 97.1 Å². The van der Waals surface area contributed by atoms with Crippen molar-refractivity contribution >= 4 is 5.78 Å². The zero-order chi connectivity index (χ0) is 33.9. The number of methoxy groups -OCH3 is 2. The average molecular weight is 396 g/mol. The summed E-state index contributed by atoms with van der Waals surface area (Å²) in [7, 11) is 2.22. The molecular formula is C24H29NO3. The molecule has 1 aliphatic carbocycles. The third-order valence-corrected chi connectivity index (χ3v) is 4.15. The summed E-state index contributed by atoms with van der Waals surface area (Å²) >= 11 is 0. The molecule has 28 heavy (non-hydrogen) atoms. The van der Waals surface area contributed by atoms with Crippen LogP contribution in [0.2, 0.25) is 0 Å². The highest BCUT2D eigenvalue weighted by Gasteiger charge is 2.34. The van der Waals surface area contributed by atoms with Crippen LogP contribution < -0.4 is 9.47 Å². The van der Waals surface area contributed by atoms with Gasteiger partial charge in [0, 0.05) is 37.1 Å². The molecule has 4 heteroatoms. The number of carbonyl (C=O) groups is 1. The summed E-state index contributed by atoms with van der Waals surface area (Å²) in [6.45, 7) is -11.3. The predicted octanol–water partition coefficient (Wildman–Crippen LogP) is 4.36. The Bertz CT molecular complexity index is 1480. The minimum Gasteiger partial charge on any atom is -0.493 e. The molecule has 1 heterocycles. The summed E-state index contributed by atoms with van der Waals surface area (Å²) in [4.78, 5) is 13.5. The summed E-state index contributed by atoms with van der Waals surface area (Å²) < 4.78 is 150. The molecule has 4 nitrogen and oxygen atoms in total. The van der Waals surface area contributed by atoms with Crippen molar-refractivity contribution in [3.8, 4) is 11.5 Å². The highest BCUT2D eigenvalue weighted by atomic mass is 16.5. The lowest BCUT2D eigenvalue weighted by Gasteiger charge is -2.32. The van der Waals surface area contributed by atoms with Crippen LogP contribution in [0.4, 0.5) is 0 Å². The van der Waals surface area contributed by atoms with Crippen molar-refractivity contribution in [1.29, 1.82) is 0 Å². The van der Waals surface area contributed by atoms with Crippen LogP contribution >= 0.6 is 0 Å². The average Bonchev–Trinajstić information content (AvgIpc) is 3.21. The molecule has 2 aliphatic rings. The van der Waals surface area contributed by atoms with E-state index in [2.05, 4.69) is 0 Å². The molecule has 1 unspecified atom stereocenters. The molecule has 0 spiro atoms. The fourth-order valence-electron chi connectivity index (χ4n) is 2.82. The summed E-state index contributed by atoms with van der Waals surface area (Å²) in [5, 5.41) is 0. The number of Topliss-reactive ketones (excluding diaryl/α,β-unsaturated/α-hetero) is 1. The van der Waals surface area contributed by atoms with Crippen LogP contribution in [0, 0.1) is 11.8 Å². The lowest BCUT2D eigenvalue weighted by Crippen LogP contribution is -2.34. The molecule has 0 bridgehead atoms. The van der Waals surface area contributed by atoms with Crippen molar-refractivity contribution in [2.75, 3.05) is 27.2 Å². The van der Waals surface area contributed by atoms with E-state index in [0.29, 0.717) is 0 Å². The fraction of sp³-hybridized carbons (Fsp3) is 0.458. The van der Waals surface area contributed by atoms with Gasteiger partial charge in [0.15, 0.2) is 17.3 Å². The molecule has 0 radical (unpaired) electrons. The van der Waals surface area contributed by atoms with Gasteiger partial charge >= 0.3 is 0 Å². The lowest BCUT2D eigenvalue weighted by molar-refractivity contribution is 0.0895. The molecule has 1 atom stereocenters. The van der Waals surface area contributed by atoms with E-state index >= 15 is 0 Å². The van der Waals surface area contributed by atoms with E-state index in [-0.39, 0.29) is 10.6 Å². The Balaban J connectivity index is 2.00. The Labute approximate surface area is 189 Å². The molecule has 4 rings (SSSR count). The van der Waals surface area contributed by atoms with Crippen molar-refractivity contribution in [1.82, 2.24) is 4.90 Å². The fourth-order valence-corrected chi connectivity index (χ4v) is 2.82. The van der Waals surface area contributed by atoms with Crippen LogP contribution in [0.5, 0.6) is 11.5 Å². The number of benzene rings is 2. The predicted molar refractivity (Wildman–Crippen MR) is 110 cm³/mol. The monoisotopic (exact) mass is 395 g/mol. The number of rotatable bonds is 6. The van der Waals surface area contributed by atoms with Gasteiger partial charge in [0.1, 0.15) is 0 Å². The standard InChI is InChI=1S/C24H29NO3/c1-27-22-14-19-13-20(24(26)21(19)15-23(22)28-2)12-17-8-10-25(11-9-17)16-18-6-4-3-5-7-18/h3-7,14-15,17,20H,8-13,16H2,1-2H3/i8D2,9D2,10D2,11D2,12D2,14D,15D,16D2,17D,20D. The van der Waals surface area contributed by atoms with E-state index in [1.54, 1.807) is 0 Å². The third-order valence-electron chi connectivity index (χ3n) is 4.15. The maximum absolute atomic E-state index is 13.8. The first-order valence-electron chi connectivity index (χ1n) is 16.5. The van der Waals surface area contributed by atoms with Gasteiger partial charge in [0.05, 0.1) is 17.0 Å². The van der Waals surface area contributed by atoms with Crippen molar-refractivity contribution in [2.24, 2.45) is 11.8 Å². The Morgan fingerprint density at radius 3 is 2.54 bits per heavy atom. The number of nitrogens with zero attached hydrogens (tertiary/aromatic N) is 1. The third kappa shape index (κ3) is 3.93. The molecule has 0 N–H and O–H groups in total. The normalized spacial score (nSPS) is 40.6. The van der Waals surface area contributed by atoms with E-state index in [9.17, 15) is 4.79 Å². The largest absolute Gasteiger partial charge is 0.493 e. The van der Waals surface area contributed by atoms with Gasteiger partial charge in [-0.25, -0.2) is 0 Å². The minimum absolute atomic E-state index is 0.343. The summed E-state index contributed by atoms with van der Waals surface area (Å²) in [5.74, 6) is -9.98. The van der Waals surface area contributed by atoms with E-state index in [1.807, 2.05) is 0 Å².